The molecule has 0 aliphatic carbocycles. The van der Waals surface area contributed by atoms with E-state index in [1.807, 2.05) is 29.3 Å². The fourth-order valence-corrected chi connectivity index (χ4v) is 1.47. The summed E-state index contributed by atoms with van der Waals surface area (Å²) in [5.41, 5.74) is 1.16. The van der Waals surface area contributed by atoms with E-state index in [0.29, 0.717) is 0 Å². The van der Waals surface area contributed by atoms with Gasteiger partial charge < -0.3 is 0 Å². The maximum atomic E-state index is 3.41. The van der Waals surface area contributed by atoms with E-state index in [-0.39, 0.29) is 0 Å². The van der Waals surface area contributed by atoms with Crippen LogP contribution in [0.25, 0.3) is 4.48 Å². The zero-order valence-corrected chi connectivity index (χ0v) is 10.3. The zero-order valence-electron chi connectivity index (χ0n) is 5.52. The Morgan fingerprint density at radius 1 is 1.18 bits per heavy atom. The average molecular weight is 341 g/mol. The normalized spacial score (nSPS) is 11.7. The molecule has 0 atom stereocenters. The van der Waals surface area contributed by atoms with Gasteiger partial charge in [0.2, 0.25) is 0 Å². The number of rotatable bonds is 1. The Bertz CT molecular complexity index is 261. The highest BCUT2D eigenvalue weighted by Gasteiger charge is 1.94. The van der Waals surface area contributed by atoms with Crippen molar-refractivity contribution >= 4 is 52.3 Å². The molecule has 0 bridgehead atoms. The second-order valence-corrected chi connectivity index (χ2v) is 4.19. The van der Waals surface area contributed by atoms with Crippen LogP contribution in [0, 0.1) is 0 Å². The molecule has 0 saturated carbocycles. The van der Waals surface area contributed by atoms with Crippen molar-refractivity contribution in [3.8, 4) is 0 Å². The Hall–Kier alpha value is 0.400. The monoisotopic (exact) mass is 338 g/mol. The van der Waals surface area contributed by atoms with E-state index in [0.717, 1.165) is 14.5 Å². The van der Waals surface area contributed by atoms with Gasteiger partial charge >= 0.3 is 0 Å². The summed E-state index contributed by atoms with van der Waals surface area (Å²) in [5, 5.41) is 0. The molecule has 0 N–H and O–H groups in total. The van der Waals surface area contributed by atoms with Crippen molar-refractivity contribution in [2.24, 2.45) is 0 Å². The lowest BCUT2D eigenvalue weighted by Gasteiger charge is -1.96. The largest absolute Gasteiger partial charge is 0.0582 e. The molecule has 11 heavy (non-hydrogen) atoms. The first kappa shape index (κ1) is 9.49. The second-order valence-electron chi connectivity index (χ2n) is 1.96. The fraction of sp³-hybridized carbons (Fsp3) is 0. The lowest BCUT2D eigenvalue weighted by molar-refractivity contribution is 1.61. The molecule has 58 valence electrons. The van der Waals surface area contributed by atoms with Crippen molar-refractivity contribution in [1.82, 2.24) is 0 Å². The first-order chi connectivity index (χ1) is 5.24. The highest BCUT2D eigenvalue weighted by molar-refractivity contribution is 9.16. The molecule has 0 heterocycles. The standard InChI is InChI=1S/C8H5Br3/c9-5-8(11)6-1-3-7(10)4-2-6/h1-5H/b8-5+. The summed E-state index contributed by atoms with van der Waals surface area (Å²) in [6.45, 7) is 0. The van der Waals surface area contributed by atoms with Gasteiger partial charge in [-0.1, -0.05) is 44.0 Å². The van der Waals surface area contributed by atoms with Gasteiger partial charge in [0.25, 0.3) is 0 Å². The summed E-state index contributed by atoms with van der Waals surface area (Å²) in [7, 11) is 0. The van der Waals surface area contributed by atoms with Crippen LogP contribution >= 0.6 is 47.8 Å². The first-order valence-electron chi connectivity index (χ1n) is 2.96. The summed E-state index contributed by atoms with van der Waals surface area (Å²) in [4.78, 5) is 1.84. The molecule has 1 aromatic carbocycles. The molecule has 0 radical (unpaired) electrons. The van der Waals surface area contributed by atoms with E-state index in [1.165, 1.54) is 0 Å². The number of benzene rings is 1. The minimum absolute atomic E-state index is 1.05. The molecule has 0 aliphatic rings. The molecule has 0 saturated heterocycles. The van der Waals surface area contributed by atoms with Crippen LogP contribution in [-0.4, -0.2) is 0 Å². The van der Waals surface area contributed by atoms with Crippen LogP contribution in [0.4, 0.5) is 0 Å². The number of hydrogen-bond donors (Lipinski definition) is 0. The van der Waals surface area contributed by atoms with Gasteiger partial charge in [0.1, 0.15) is 0 Å². The third-order valence-corrected chi connectivity index (χ3v) is 3.50. The van der Waals surface area contributed by atoms with Gasteiger partial charge in [0, 0.05) is 8.96 Å². The molecule has 0 fully saturated rings. The van der Waals surface area contributed by atoms with Crippen LogP contribution in [0.5, 0.6) is 0 Å². The van der Waals surface area contributed by atoms with Gasteiger partial charge in [-0.05, 0) is 38.6 Å². The van der Waals surface area contributed by atoms with Crippen molar-refractivity contribution in [2.45, 2.75) is 0 Å². The van der Waals surface area contributed by atoms with Crippen molar-refractivity contribution in [1.29, 1.82) is 0 Å². The van der Waals surface area contributed by atoms with E-state index in [9.17, 15) is 0 Å². The predicted molar refractivity (Wildman–Crippen MR) is 60.0 cm³/mol. The van der Waals surface area contributed by atoms with Gasteiger partial charge in [0.15, 0.2) is 0 Å². The molecule has 0 nitrogen and oxygen atoms in total. The molecule has 3 heteroatoms. The summed E-state index contributed by atoms with van der Waals surface area (Å²) in [6.07, 6.45) is 0. The summed E-state index contributed by atoms with van der Waals surface area (Å²) in [6, 6.07) is 8.08. The van der Waals surface area contributed by atoms with E-state index >= 15 is 0 Å². The quantitative estimate of drug-likeness (QED) is 0.704. The SMILES string of the molecule is Br/C=C(/Br)c1ccc(Br)cc1. The van der Waals surface area contributed by atoms with E-state index < -0.39 is 0 Å². The first-order valence-corrected chi connectivity index (χ1v) is 5.46. The van der Waals surface area contributed by atoms with Crippen molar-refractivity contribution in [2.75, 3.05) is 0 Å². The van der Waals surface area contributed by atoms with Crippen LogP contribution in [0.15, 0.2) is 33.7 Å². The van der Waals surface area contributed by atoms with Crippen molar-refractivity contribution in [3.05, 3.63) is 39.3 Å². The van der Waals surface area contributed by atoms with E-state index in [2.05, 4.69) is 47.8 Å². The van der Waals surface area contributed by atoms with Crippen molar-refractivity contribution < 1.29 is 0 Å². The maximum absolute atomic E-state index is 3.41. The Kier molecular flexibility index (Phi) is 3.82. The smallest absolute Gasteiger partial charge is 0.0316 e. The van der Waals surface area contributed by atoms with Gasteiger partial charge in [-0.15, -0.1) is 0 Å². The summed E-state index contributed by atoms with van der Waals surface area (Å²) in [5.74, 6) is 0. The molecule has 1 aromatic rings. The molecule has 0 spiro atoms. The maximum Gasteiger partial charge on any atom is 0.0316 e. The van der Waals surface area contributed by atoms with Crippen LogP contribution in [0.1, 0.15) is 5.56 Å². The molecular weight excluding hydrogens is 336 g/mol. The Morgan fingerprint density at radius 2 is 1.73 bits per heavy atom. The minimum Gasteiger partial charge on any atom is -0.0582 e. The fourth-order valence-electron chi connectivity index (χ4n) is 0.672. The van der Waals surface area contributed by atoms with Gasteiger partial charge in [0.05, 0.1) is 0 Å². The lowest BCUT2D eigenvalue weighted by atomic mass is 10.2. The lowest BCUT2D eigenvalue weighted by Crippen LogP contribution is -1.73. The van der Waals surface area contributed by atoms with Crippen LogP contribution in [0.2, 0.25) is 0 Å². The molecule has 0 unspecified atom stereocenters. The molecule has 1 rings (SSSR count). The topological polar surface area (TPSA) is 0 Å². The Labute approximate surface area is 91.1 Å². The minimum atomic E-state index is 1.05. The van der Waals surface area contributed by atoms with Crippen LogP contribution in [-0.2, 0) is 0 Å². The van der Waals surface area contributed by atoms with Crippen LogP contribution < -0.4 is 0 Å². The van der Waals surface area contributed by atoms with E-state index in [1.54, 1.807) is 0 Å². The van der Waals surface area contributed by atoms with Gasteiger partial charge in [-0.25, -0.2) is 0 Å². The highest BCUT2D eigenvalue weighted by atomic mass is 79.9. The highest BCUT2D eigenvalue weighted by Crippen LogP contribution is 2.23. The summed E-state index contributed by atoms with van der Waals surface area (Å²) < 4.78 is 2.14. The van der Waals surface area contributed by atoms with E-state index in [4.69, 9.17) is 0 Å². The Balaban J connectivity index is 2.99. The zero-order chi connectivity index (χ0) is 8.27. The van der Waals surface area contributed by atoms with Gasteiger partial charge in [-0.3, -0.25) is 0 Å². The van der Waals surface area contributed by atoms with Gasteiger partial charge in [-0.2, -0.15) is 0 Å². The molecule has 0 aliphatic heterocycles. The summed E-state index contributed by atoms with van der Waals surface area (Å²) >= 11 is 10.0. The second kappa shape index (κ2) is 4.43. The Morgan fingerprint density at radius 3 is 2.18 bits per heavy atom. The third-order valence-electron chi connectivity index (χ3n) is 1.22. The number of halogens is 3. The average Bonchev–Trinajstić information content (AvgIpc) is 2.05. The molecule has 0 amide bonds. The molecular formula is C8H5Br3. The predicted octanol–water partition coefficient (Wildman–Crippen LogP) is 4.54. The molecule has 0 aromatic heterocycles. The third kappa shape index (κ3) is 2.73. The van der Waals surface area contributed by atoms with Crippen LogP contribution in [0.3, 0.4) is 0 Å². The van der Waals surface area contributed by atoms with Crippen molar-refractivity contribution in [3.63, 3.8) is 0 Å². The number of hydrogen-bond acceptors (Lipinski definition) is 0.